The molecule has 0 bridgehead atoms. The van der Waals surface area contributed by atoms with Crippen LogP contribution in [-0.4, -0.2) is 4.98 Å². The number of nitrogens with zero attached hydrogens (tertiary/aromatic N) is 1. The molecule has 0 N–H and O–H groups in total. The number of hydrogen-bond donors (Lipinski definition) is 0. The molecule has 0 amide bonds. The maximum atomic E-state index is 4.33. The molecule has 1 aliphatic carbocycles. The van der Waals surface area contributed by atoms with E-state index in [2.05, 4.69) is 24.2 Å². The average Bonchev–Trinajstić information content (AvgIpc) is 2.55. The molecule has 1 nitrogen and oxygen atoms in total. The van der Waals surface area contributed by atoms with Crippen molar-refractivity contribution in [3.05, 3.63) is 60.5 Å². The van der Waals surface area contributed by atoms with Crippen molar-refractivity contribution in [3.63, 3.8) is 0 Å². The molecule has 1 heteroatoms. The van der Waals surface area contributed by atoms with Crippen LogP contribution in [0.5, 0.6) is 0 Å². The van der Waals surface area contributed by atoms with Crippen LogP contribution >= 0.6 is 0 Å². The lowest BCUT2D eigenvalue weighted by Gasteiger charge is -1.97. The summed E-state index contributed by atoms with van der Waals surface area (Å²) in [6.07, 6.45) is 6.50. The van der Waals surface area contributed by atoms with Crippen LogP contribution in [0.15, 0.2) is 49.2 Å². The maximum absolute atomic E-state index is 4.33. The molecule has 64 valence electrons. The predicted molar refractivity (Wildman–Crippen MR) is 55.3 cm³/mol. The van der Waals surface area contributed by atoms with Crippen molar-refractivity contribution in [2.75, 3.05) is 0 Å². The SMILES string of the molecule is C=CC1=C(C=C)c2ncccc2C1. The molecule has 0 saturated carbocycles. The highest BCUT2D eigenvalue weighted by Crippen LogP contribution is 2.31. The zero-order valence-electron chi connectivity index (χ0n) is 7.46. The molecule has 0 spiro atoms. The van der Waals surface area contributed by atoms with Crippen molar-refractivity contribution in [1.29, 1.82) is 0 Å². The summed E-state index contributed by atoms with van der Waals surface area (Å²) in [5, 5.41) is 0. The summed E-state index contributed by atoms with van der Waals surface area (Å²) in [5.74, 6) is 0. The normalized spacial score (nSPS) is 14.2. The van der Waals surface area contributed by atoms with Gasteiger partial charge in [-0.25, -0.2) is 0 Å². The summed E-state index contributed by atoms with van der Waals surface area (Å²) in [6, 6.07) is 4.06. The van der Waals surface area contributed by atoms with Gasteiger partial charge in [-0.3, -0.25) is 4.98 Å². The Morgan fingerprint density at radius 2 is 2.15 bits per heavy atom. The van der Waals surface area contributed by atoms with Crippen molar-refractivity contribution < 1.29 is 0 Å². The van der Waals surface area contributed by atoms with Gasteiger partial charge in [-0.15, -0.1) is 0 Å². The standard InChI is InChI=1S/C12H11N/c1-3-9-8-10-6-5-7-13-12(10)11(9)4-2/h3-7H,1-2,8H2. The Hall–Kier alpha value is -1.63. The number of pyridine rings is 1. The Balaban J connectivity index is 2.60. The lowest BCUT2D eigenvalue weighted by atomic mass is 10.1. The zero-order valence-corrected chi connectivity index (χ0v) is 7.46. The van der Waals surface area contributed by atoms with Crippen LogP contribution in [0.1, 0.15) is 11.3 Å². The van der Waals surface area contributed by atoms with Gasteiger partial charge in [-0.05, 0) is 17.2 Å². The third-order valence-corrected chi connectivity index (χ3v) is 2.32. The molecule has 13 heavy (non-hydrogen) atoms. The van der Waals surface area contributed by atoms with Gasteiger partial charge in [0.2, 0.25) is 0 Å². The third-order valence-electron chi connectivity index (χ3n) is 2.32. The lowest BCUT2D eigenvalue weighted by molar-refractivity contribution is 1.19. The minimum atomic E-state index is 0.939. The van der Waals surface area contributed by atoms with E-state index in [0.29, 0.717) is 0 Å². The Morgan fingerprint density at radius 1 is 1.31 bits per heavy atom. The minimum Gasteiger partial charge on any atom is -0.256 e. The second kappa shape index (κ2) is 3.02. The van der Waals surface area contributed by atoms with Gasteiger partial charge in [0.05, 0.1) is 5.69 Å². The number of aromatic nitrogens is 1. The molecule has 0 radical (unpaired) electrons. The Kier molecular flexibility index (Phi) is 1.85. The van der Waals surface area contributed by atoms with Crippen LogP contribution in [0, 0.1) is 0 Å². The van der Waals surface area contributed by atoms with Gasteiger partial charge in [0.25, 0.3) is 0 Å². The van der Waals surface area contributed by atoms with Crippen molar-refractivity contribution in [2.24, 2.45) is 0 Å². The van der Waals surface area contributed by atoms with E-state index in [1.54, 1.807) is 0 Å². The predicted octanol–water partition coefficient (Wildman–Crippen LogP) is 2.76. The van der Waals surface area contributed by atoms with Gasteiger partial charge >= 0.3 is 0 Å². The Bertz CT molecular complexity index is 399. The molecule has 0 saturated heterocycles. The van der Waals surface area contributed by atoms with Gasteiger partial charge in [0, 0.05) is 18.2 Å². The van der Waals surface area contributed by atoms with Crippen molar-refractivity contribution >= 4 is 5.57 Å². The second-order valence-electron chi connectivity index (χ2n) is 3.04. The molecule has 0 fully saturated rings. The van der Waals surface area contributed by atoms with Crippen LogP contribution < -0.4 is 0 Å². The fourth-order valence-corrected chi connectivity index (χ4v) is 1.69. The fraction of sp³-hybridized carbons (Fsp3) is 0.0833. The molecule has 0 aliphatic heterocycles. The van der Waals surface area contributed by atoms with Gasteiger partial charge < -0.3 is 0 Å². The van der Waals surface area contributed by atoms with Gasteiger partial charge in [-0.2, -0.15) is 0 Å². The van der Waals surface area contributed by atoms with E-state index in [4.69, 9.17) is 0 Å². The highest BCUT2D eigenvalue weighted by atomic mass is 14.7. The summed E-state index contributed by atoms with van der Waals surface area (Å²) in [6.45, 7) is 7.58. The van der Waals surface area contributed by atoms with Crippen molar-refractivity contribution in [3.8, 4) is 0 Å². The highest BCUT2D eigenvalue weighted by molar-refractivity contribution is 5.82. The van der Waals surface area contributed by atoms with E-state index < -0.39 is 0 Å². The Labute approximate surface area is 78.1 Å². The van der Waals surface area contributed by atoms with Crippen LogP contribution in [0.3, 0.4) is 0 Å². The van der Waals surface area contributed by atoms with E-state index in [1.165, 1.54) is 11.1 Å². The molecule has 0 unspecified atom stereocenters. The molecule has 1 aliphatic rings. The van der Waals surface area contributed by atoms with Gasteiger partial charge in [0.1, 0.15) is 0 Å². The van der Waals surface area contributed by atoms with E-state index in [9.17, 15) is 0 Å². The second-order valence-corrected chi connectivity index (χ2v) is 3.04. The van der Waals surface area contributed by atoms with Crippen LogP contribution in [0.4, 0.5) is 0 Å². The minimum absolute atomic E-state index is 0.939. The maximum Gasteiger partial charge on any atom is 0.0739 e. The quantitative estimate of drug-likeness (QED) is 0.663. The van der Waals surface area contributed by atoms with Gasteiger partial charge in [0.15, 0.2) is 0 Å². The first kappa shape index (κ1) is 7.99. The van der Waals surface area contributed by atoms with E-state index >= 15 is 0 Å². The van der Waals surface area contributed by atoms with Crippen LogP contribution in [-0.2, 0) is 6.42 Å². The first-order valence-corrected chi connectivity index (χ1v) is 4.29. The van der Waals surface area contributed by atoms with Crippen molar-refractivity contribution in [1.82, 2.24) is 4.98 Å². The van der Waals surface area contributed by atoms with Crippen molar-refractivity contribution in [2.45, 2.75) is 6.42 Å². The summed E-state index contributed by atoms with van der Waals surface area (Å²) in [5.41, 5.74) is 4.69. The molecular formula is C12H11N. The molecule has 1 aromatic heterocycles. The van der Waals surface area contributed by atoms with E-state index in [-0.39, 0.29) is 0 Å². The lowest BCUT2D eigenvalue weighted by Crippen LogP contribution is -1.85. The first-order chi connectivity index (χ1) is 6.36. The summed E-state index contributed by atoms with van der Waals surface area (Å²) in [7, 11) is 0. The van der Waals surface area contributed by atoms with Gasteiger partial charge in [-0.1, -0.05) is 31.4 Å². The number of rotatable bonds is 2. The molecule has 1 aromatic rings. The zero-order chi connectivity index (χ0) is 9.26. The van der Waals surface area contributed by atoms with Crippen LogP contribution in [0.2, 0.25) is 0 Å². The fourth-order valence-electron chi connectivity index (χ4n) is 1.69. The number of hydrogen-bond acceptors (Lipinski definition) is 1. The molecule has 0 atom stereocenters. The summed E-state index contributed by atoms with van der Waals surface area (Å²) < 4.78 is 0. The Morgan fingerprint density at radius 3 is 2.85 bits per heavy atom. The largest absolute Gasteiger partial charge is 0.256 e. The molecule has 1 heterocycles. The number of fused-ring (bicyclic) bond motifs is 1. The van der Waals surface area contributed by atoms with Crippen LogP contribution in [0.25, 0.3) is 5.57 Å². The molecule has 0 aromatic carbocycles. The summed E-state index contributed by atoms with van der Waals surface area (Å²) >= 11 is 0. The topological polar surface area (TPSA) is 12.9 Å². The average molecular weight is 169 g/mol. The highest BCUT2D eigenvalue weighted by Gasteiger charge is 2.17. The molecular weight excluding hydrogens is 158 g/mol. The monoisotopic (exact) mass is 169 g/mol. The summed E-state index contributed by atoms with van der Waals surface area (Å²) in [4.78, 5) is 4.33. The molecule has 2 rings (SSSR count). The smallest absolute Gasteiger partial charge is 0.0739 e. The van der Waals surface area contributed by atoms with E-state index in [0.717, 1.165) is 17.7 Å². The first-order valence-electron chi connectivity index (χ1n) is 4.29. The third kappa shape index (κ3) is 1.13. The number of allylic oxidation sites excluding steroid dienone is 4. The van der Waals surface area contributed by atoms with E-state index in [1.807, 2.05) is 24.4 Å².